The molecule has 25 heavy (non-hydrogen) atoms. The van der Waals surface area contributed by atoms with Crippen molar-refractivity contribution in [2.45, 2.75) is 0 Å². The van der Waals surface area contributed by atoms with Crippen molar-refractivity contribution >= 4 is 38.2 Å². The Kier molecular flexibility index (Phi) is 3.65. The fraction of sp³-hybridized carbons (Fsp3) is 0.111. The topological polar surface area (TPSA) is 79.4 Å². The van der Waals surface area contributed by atoms with Crippen LogP contribution in [0.15, 0.2) is 60.8 Å². The molecule has 126 valence electrons. The van der Waals surface area contributed by atoms with Gasteiger partial charge in [-0.15, -0.1) is 0 Å². The van der Waals surface area contributed by atoms with Gasteiger partial charge in [0.15, 0.2) is 0 Å². The summed E-state index contributed by atoms with van der Waals surface area (Å²) >= 11 is 0. The zero-order valence-corrected chi connectivity index (χ0v) is 14.0. The van der Waals surface area contributed by atoms with E-state index in [1.165, 1.54) is 4.31 Å². The molecule has 1 N–H and O–H groups in total. The van der Waals surface area contributed by atoms with Crippen molar-refractivity contribution in [2.24, 2.45) is 0 Å². The predicted molar refractivity (Wildman–Crippen MR) is 97.3 cm³/mol. The standard InChI is InChI=1S/C18H15N3O3S/c22-18(20-15-5-8-17-14(12-15)2-1-9-19-17)13-3-6-16(7-4-13)21-10-11-25(21,23)24/h1-9,12H,10-11H2,(H,20,22). The first-order valence-corrected chi connectivity index (χ1v) is 9.40. The third kappa shape index (κ3) is 2.94. The van der Waals surface area contributed by atoms with Crippen molar-refractivity contribution < 1.29 is 13.2 Å². The Morgan fingerprint density at radius 1 is 1.08 bits per heavy atom. The fourth-order valence-corrected chi connectivity index (χ4v) is 3.86. The minimum atomic E-state index is -3.15. The molecule has 1 saturated heterocycles. The van der Waals surface area contributed by atoms with Gasteiger partial charge in [-0.05, 0) is 48.5 Å². The molecule has 1 aromatic heterocycles. The van der Waals surface area contributed by atoms with Crippen LogP contribution in [0.1, 0.15) is 10.4 Å². The summed E-state index contributed by atoms with van der Waals surface area (Å²) in [5.74, 6) is -0.0762. The molecule has 0 spiro atoms. The van der Waals surface area contributed by atoms with Crippen LogP contribution in [0, 0.1) is 0 Å². The number of benzene rings is 2. The molecule has 1 amide bonds. The minimum absolute atomic E-state index is 0.173. The smallest absolute Gasteiger partial charge is 0.255 e. The maximum atomic E-state index is 12.4. The summed E-state index contributed by atoms with van der Waals surface area (Å²) < 4.78 is 24.6. The lowest BCUT2D eigenvalue weighted by Gasteiger charge is -2.32. The monoisotopic (exact) mass is 353 g/mol. The predicted octanol–water partition coefficient (Wildman–Crippen LogP) is 2.64. The van der Waals surface area contributed by atoms with Gasteiger partial charge in [0.25, 0.3) is 5.91 Å². The van der Waals surface area contributed by atoms with E-state index in [0.717, 1.165) is 10.9 Å². The van der Waals surface area contributed by atoms with Crippen molar-refractivity contribution in [1.82, 2.24) is 4.98 Å². The Bertz CT molecular complexity index is 1060. The van der Waals surface area contributed by atoms with E-state index >= 15 is 0 Å². The van der Waals surface area contributed by atoms with Crippen molar-refractivity contribution in [3.63, 3.8) is 0 Å². The Hall–Kier alpha value is -2.93. The molecule has 1 aliphatic rings. The SMILES string of the molecule is O=C(Nc1ccc2ncccc2c1)c1ccc(N2CCS2(=O)=O)cc1. The second-order valence-corrected chi connectivity index (χ2v) is 7.81. The van der Waals surface area contributed by atoms with Gasteiger partial charge in [0.05, 0.1) is 17.0 Å². The molecule has 0 bridgehead atoms. The van der Waals surface area contributed by atoms with Crippen LogP contribution in [0.3, 0.4) is 0 Å². The summed E-state index contributed by atoms with van der Waals surface area (Å²) in [4.78, 5) is 16.6. The number of amides is 1. The number of carbonyl (C=O) groups is 1. The second kappa shape index (κ2) is 5.86. The number of aromatic nitrogens is 1. The Morgan fingerprint density at radius 3 is 2.56 bits per heavy atom. The number of hydrogen-bond donors (Lipinski definition) is 1. The van der Waals surface area contributed by atoms with Crippen LogP contribution in [-0.2, 0) is 10.0 Å². The lowest BCUT2D eigenvalue weighted by molar-refractivity contribution is 0.102. The van der Waals surface area contributed by atoms with E-state index in [2.05, 4.69) is 10.3 Å². The largest absolute Gasteiger partial charge is 0.322 e. The molecule has 4 rings (SSSR count). The molecule has 7 heteroatoms. The summed E-state index contributed by atoms with van der Waals surface area (Å²) in [6, 6.07) is 15.8. The zero-order valence-electron chi connectivity index (χ0n) is 13.2. The first kappa shape index (κ1) is 15.6. The average Bonchev–Trinajstić information content (AvgIpc) is 2.61. The van der Waals surface area contributed by atoms with Gasteiger partial charge in [-0.1, -0.05) is 6.07 Å². The van der Waals surface area contributed by atoms with E-state index in [1.54, 1.807) is 36.5 Å². The van der Waals surface area contributed by atoms with E-state index < -0.39 is 10.0 Å². The molecule has 0 unspecified atom stereocenters. The van der Waals surface area contributed by atoms with E-state index in [4.69, 9.17) is 0 Å². The average molecular weight is 353 g/mol. The summed E-state index contributed by atoms with van der Waals surface area (Å²) in [7, 11) is -3.15. The molecule has 2 heterocycles. The first-order valence-electron chi connectivity index (χ1n) is 7.80. The highest BCUT2D eigenvalue weighted by molar-refractivity contribution is 7.94. The zero-order chi connectivity index (χ0) is 17.4. The number of hydrogen-bond acceptors (Lipinski definition) is 4. The van der Waals surface area contributed by atoms with Crippen molar-refractivity contribution in [2.75, 3.05) is 21.9 Å². The summed E-state index contributed by atoms with van der Waals surface area (Å²) in [5, 5.41) is 3.79. The van der Waals surface area contributed by atoms with Crippen molar-refractivity contribution in [3.05, 3.63) is 66.4 Å². The molecule has 3 aromatic rings. The molecular weight excluding hydrogens is 338 g/mol. The maximum absolute atomic E-state index is 12.4. The van der Waals surface area contributed by atoms with Gasteiger partial charge in [-0.3, -0.25) is 14.1 Å². The normalized spacial score (nSPS) is 15.6. The third-order valence-electron chi connectivity index (χ3n) is 4.17. The lowest BCUT2D eigenvalue weighted by atomic mass is 10.1. The van der Waals surface area contributed by atoms with E-state index in [-0.39, 0.29) is 11.7 Å². The van der Waals surface area contributed by atoms with Gasteiger partial charge >= 0.3 is 0 Å². The molecule has 1 fully saturated rings. The number of nitrogens with one attached hydrogen (secondary N) is 1. The van der Waals surface area contributed by atoms with E-state index in [1.807, 2.05) is 24.3 Å². The number of pyridine rings is 1. The Balaban J connectivity index is 1.52. The van der Waals surface area contributed by atoms with Crippen LogP contribution < -0.4 is 9.62 Å². The third-order valence-corrected chi connectivity index (χ3v) is 5.93. The molecular formula is C18H15N3O3S. The Labute approximate surface area is 145 Å². The van der Waals surface area contributed by atoms with Crippen LogP contribution in [0.25, 0.3) is 10.9 Å². The first-order chi connectivity index (χ1) is 12.0. The van der Waals surface area contributed by atoms with Crippen molar-refractivity contribution in [1.29, 1.82) is 0 Å². The van der Waals surface area contributed by atoms with Gasteiger partial charge in [0, 0.05) is 29.4 Å². The number of carbonyl (C=O) groups excluding carboxylic acids is 1. The van der Waals surface area contributed by atoms with Crippen LogP contribution in [0.5, 0.6) is 0 Å². The molecule has 1 aliphatic heterocycles. The minimum Gasteiger partial charge on any atom is -0.322 e. The van der Waals surface area contributed by atoms with Gasteiger partial charge in [0.2, 0.25) is 10.0 Å². The summed E-state index contributed by atoms with van der Waals surface area (Å²) in [5.41, 5.74) is 2.59. The molecule has 0 radical (unpaired) electrons. The fourth-order valence-electron chi connectivity index (χ4n) is 2.76. The second-order valence-electron chi connectivity index (χ2n) is 5.80. The molecule has 6 nitrogen and oxygen atoms in total. The van der Waals surface area contributed by atoms with Crippen LogP contribution in [0.4, 0.5) is 11.4 Å². The maximum Gasteiger partial charge on any atom is 0.255 e. The Morgan fingerprint density at radius 2 is 1.88 bits per heavy atom. The van der Waals surface area contributed by atoms with Gasteiger partial charge in [0.1, 0.15) is 0 Å². The highest BCUT2D eigenvalue weighted by Gasteiger charge is 2.32. The number of rotatable bonds is 3. The van der Waals surface area contributed by atoms with Gasteiger partial charge < -0.3 is 5.32 Å². The lowest BCUT2D eigenvalue weighted by Crippen LogP contribution is -2.47. The summed E-state index contributed by atoms with van der Waals surface area (Å²) in [6.45, 7) is 0.485. The molecule has 0 atom stereocenters. The van der Waals surface area contributed by atoms with E-state index in [9.17, 15) is 13.2 Å². The highest BCUT2D eigenvalue weighted by atomic mass is 32.2. The quantitative estimate of drug-likeness (QED) is 0.785. The molecule has 2 aromatic carbocycles. The van der Waals surface area contributed by atoms with Crippen LogP contribution in [0.2, 0.25) is 0 Å². The van der Waals surface area contributed by atoms with Crippen LogP contribution in [-0.4, -0.2) is 31.6 Å². The van der Waals surface area contributed by atoms with Crippen LogP contribution >= 0.6 is 0 Å². The highest BCUT2D eigenvalue weighted by Crippen LogP contribution is 2.25. The van der Waals surface area contributed by atoms with Crippen molar-refractivity contribution in [3.8, 4) is 0 Å². The number of fused-ring (bicyclic) bond motifs is 1. The summed E-state index contributed by atoms with van der Waals surface area (Å²) in [6.07, 6.45) is 1.72. The van der Waals surface area contributed by atoms with Gasteiger partial charge in [-0.2, -0.15) is 0 Å². The number of nitrogens with zero attached hydrogens (tertiary/aromatic N) is 2. The number of anilines is 2. The molecule has 0 aliphatic carbocycles. The number of sulfonamides is 1. The molecule has 0 saturated carbocycles. The van der Waals surface area contributed by atoms with Gasteiger partial charge in [-0.25, -0.2) is 8.42 Å². The van der Waals surface area contributed by atoms with E-state index in [0.29, 0.717) is 23.5 Å².